The van der Waals surface area contributed by atoms with Crippen LogP contribution >= 0.6 is 0 Å². The summed E-state index contributed by atoms with van der Waals surface area (Å²) < 4.78 is 4.99. The van der Waals surface area contributed by atoms with Crippen molar-refractivity contribution >= 4 is 11.9 Å². The van der Waals surface area contributed by atoms with Crippen molar-refractivity contribution in [2.45, 2.75) is 20.8 Å². The van der Waals surface area contributed by atoms with Crippen LogP contribution in [0.15, 0.2) is 48.5 Å². The third-order valence-electron chi connectivity index (χ3n) is 4.22. The smallest absolute Gasteiger partial charge is 0.359 e. The molecule has 0 radical (unpaired) electrons. The lowest BCUT2D eigenvalue weighted by Crippen LogP contribution is -2.17. The minimum Gasteiger partial charge on any atom is -0.476 e. The van der Waals surface area contributed by atoms with Crippen molar-refractivity contribution < 1.29 is 19.4 Å². The van der Waals surface area contributed by atoms with Gasteiger partial charge >= 0.3 is 11.9 Å². The number of ether oxygens (including phenoxy) is 1. The van der Waals surface area contributed by atoms with Gasteiger partial charge in [-0.05, 0) is 20.8 Å². The molecule has 0 bridgehead atoms. The van der Waals surface area contributed by atoms with Crippen molar-refractivity contribution in [2.24, 2.45) is 0 Å². The molecule has 0 unspecified atom stereocenters. The second-order valence-corrected chi connectivity index (χ2v) is 6.38. The second-order valence-electron chi connectivity index (χ2n) is 6.38. The highest BCUT2D eigenvalue weighted by atomic mass is 16.5. The van der Waals surface area contributed by atoms with Gasteiger partial charge in [0.05, 0.1) is 18.0 Å². The van der Waals surface area contributed by atoms with Gasteiger partial charge in [0, 0.05) is 11.1 Å². The van der Waals surface area contributed by atoms with E-state index in [1.165, 1.54) is 0 Å². The molecule has 1 aromatic heterocycles. The molecule has 0 spiro atoms. The van der Waals surface area contributed by atoms with Crippen LogP contribution < -0.4 is 0 Å². The zero-order valence-electron chi connectivity index (χ0n) is 15.9. The van der Waals surface area contributed by atoms with Crippen LogP contribution in [-0.4, -0.2) is 33.6 Å². The molecule has 2 aromatic carbocycles. The zero-order chi connectivity index (χ0) is 20.3. The Morgan fingerprint density at radius 3 is 1.64 bits per heavy atom. The summed E-state index contributed by atoms with van der Waals surface area (Å²) in [5.41, 5.74) is 3.68. The molecule has 1 N–H and O–H groups in total. The molecule has 28 heavy (non-hydrogen) atoms. The quantitative estimate of drug-likeness (QED) is 0.668. The topological polar surface area (TPSA) is 89.4 Å². The van der Waals surface area contributed by atoms with Crippen molar-refractivity contribution in [1.29, 1.82) is 0 Å². The van der Waals surface area contributed by atoms with Crippen LogP contribution in [0.1, 0.15) is 39.0 Å². The third kappa shape index (κ3) is 3.91. The molecule has 6 nitrogen and oxygen atoms in total. The fraction of sp³-hybridized carbons (Fsp3) is 0.182. The van der Waals surface area contributed by atoms with Crippen LogP contribution in [0.25, 0.3) is 22.5 Å². The highest BCUT2D eigenvalue weighted by Crippen LogP contribution is 2.31. The summed E-state index contributed by atoms with van der Waals surface area (Å²) in [6.45, 7) is 5.68. The van der Waals surface area contributed by atoms with Gasteiger partial charge in [0.2, 0.25) is 0 Å². The van der Waals surface area contributed by atoms with Gasteiger partial charge in [0.1, 0.15) is 0 Å². The van der Waals surface area contributed by atoms with Crippen molar-refractivity contribution in [3.8, 4) is 22.5 Å². The highest BCUT2D eigenvalue weighted by molar-refractivity contribution is 6.01. The second kappa shape index (κ2) is 8.00. The van der Waals surface area contributed by atoms with Crippen LogP contribution in [0.4, 0.5) is 0 Å². The van der Waals surface area contributed by atoms with Crippen LogP contribution in [0.3, 0.4) is 0 Å². The van der Waals surface area contributed by atoms with Gasteiger partial charge < -0.3 is 9.84 Å². The van der Waals surface area contributed by atoms with Gasteiger partial charge in [-0.15, -0.1) is 0 Å². The molecule has 0 amide bonds. The summed E-state index contributed by atoms with van der Waals surface area (Å²) in [5.74, 6) is -2.14. The first-order valence-corrected chi connectivity index (χ1v) is 8.87. The number of carbonyl (C=O) groups excluding carboxylic acids is 1. The van der Waals surface area contributed by atoms with Gasteiger partial charge in [0.15, 0.2) is 11.4 Å². The van der Waals surface area contributed by atoms with Crippen molar-refractivity contribution in [2.75, 3.05) is 6.61 Å². The van der Waals surface area contributed by atoms with E-state index in [1.807, 2.05) is 62.4 Å². The van der Waals surface area contributed by atoms with Gasteiger partial charge in [-0.2, -0.15) is 0 Å². The molecule has 3 aromatic rings. The number of rotatable bonds is 5. The molecular weight excluding hydrogens is 356 g/mol. The Bertz CT molecular complexity index is 1030. The summed E-state index contributed by atoms with van der Waals surface area (Å²) in [6.07, 6.45) is 0. The van der Waals surface area contributed by atoms with Gasteiger partial charge in [-0.1, -0.05) is 59.7 Å². The van der Waals surface area contributed by atoms with Crippen molar-refractivity contribution in [3.05, 3.63) is 71.0 Å². The average Bonchev–Trinajstić information content (AvgIpc) is 2.68. The lowest BCUT2D eigenvalue weighted by Gasteiger charge is -2.13. The molecule has 0 fully saturated rings. The number of aryl methyl sites for hydroxylation is 2. The maximum atomic E-state index is 12.3. The Labute approximate surface area is 162 Å². The van der Waals surface area contributed by atoms with E-state index in [1.54, 1.807) is 6.92 Å². The number of nitrogens with zero attached hydrogens (tertiary/aromatic N) is 2. The van der Waals surface area contributed by atoms with Crippen LogP contribution in [0.2, 0.25) is 0 Å². The molecule has 6 heteroatoms. The van der Waals surface area contributed by atoms with E-state index in [0.29, 0.717) is 17.0 Å². The maximum Gasteiger partial charge on any atom is 0.359 e. The number of hydrogen-bond donors (Lipinski definition) is 1. The van der Waals surface area contributed by atoms with Crippen LogP contribution in [-0.2, 0) is 4.74 Å². The van der Waals surface area contributed by atoms with E-state index in [4.69, 9.17) is 4.74 Å². The number of carboxylic acids is 1. The first kappa shape index (κ1) is 19.2. The van der Waals surface area contributed by atoms with E-state index in [2.05, 4.69) is 9.97 Å². The monoisotopic (exact) mass is 376 g/mol. The number of carboxylic acid groups (broad SMARTS) is 1. The fourth-order valence-electron chi connectivity index (χ4n) is 2.75. The summed E-state index contributed by atoms with van der Waals surface area (Å²) in [4.78, 5) is 32.8. The molecule has 3 rings (SSSR count). The molecule has 1 heterocycles. The van der Waals surface area contributed by atoms with E-state index in [-0.39, 0.29) is 12.3 Å². The molecule has 0 atom stereocenters. The predicted octanol–water partition coefficient (Wildman–Crippen LogP) is 4.30. The SMILES string of the molecule is CCOC(=O)c1nc(-c2ccc(C)cc2)c(-c2ccc(C)cc2)nc1C(=O)O. The predicted molar refractivity (Wildman–Crippen MR) is 105 cm³/mol. The summed E-state index contributed by atoms with van der Waals surface area (Å²) in [6, 6.07) is 15.1. The molecule has 142 valence electrons. The summed E-state index contributed by atoms with van der Waals surface area (Å²) in [7, 11) is 0. The Balaban J connectivity index is 2.30. The first-order chi connectivity index (χ1) is 13.4. The normalized spacial score (nSPS) is 10.5. The average molecular weight is 376 g/mol. The molecule has 0 saturated carbocycles. The van der Waals surface area contributed by atoms with Gasteiger partial charge in [-0.25, -0.2) is 19.6 Å². The summed E-state index contributed by atoms with van der Waals surface area (Å²) >= 11 is 0. The lowest BCUT2D eigenvalue weighted by atomic mass is 10.0. The Morgan fingerprint density at radius 1 is 0.821 bits per heavy atom. The van der Waals surface area contributed by atoms with Gasteiger partial charge in [-0.3, -0.25) is 0 Å². The Hall–Kier alpha value is -3.54. The maximum absolute atomic E-state index is 12.3. The number of aromatic carboxylic acids is 1. The first-order valence-electron chi connectivity index (χ1n) is 8.87. The fourth-order valence-corrected chi connectivity index (χ4v) is 2.75. The van der Waals surface area contributed by atoms with E-state index >= 15 is 0 Å². The van der Waals surface area contributed by atoms with Crippen molar-refractivity contribution in [3.63, 3.8) is 0 Å². The highest BCUT2D eigenvalue weighted by Gasteiger charge is 2.25. The van der Waals surface area contributed by atoms with E-state index in [0.717, 1.165) is 16.7 Å². The number of aromatic nitrogens is 2. The molecular formula is C22H20N2O4. The standard InChI is InChI=1S/C22H20N2O4/c1-4-28-22(27)20-19(21(25)26)23-17(15-9-5-13(2)6-10-15)18(24-20)16-11-7-14(3)8-12-16/h5-12H,4H2,1-3H3,(H,25,26). The number of esters is 1. The molecule has 0 aliphatic heterocycles. The molecule has 0 aliphatic rings. The Kier molecular flexibility index (Phi) is 5.49. The summed E-state index contributed by atoms with van der Waals surface area (Å²) in [5, 5.41) is 9.59. The minimum absolute atomic E-state index is 0.110. The third-order valence-corrected chi connectivity index (χ3v) is 4.22. The van der Waals surface area contributed by atoms with Gasteiger partial charge in [0.25, 0.3) is 0 Å². The number of hydrogen-bond acceptors (Lipinski definition) is 5. The van der Waals surface area contributed by atoms with E-state index in [9.17, 15) is 14.7 Å². The van der Waals surface area contributed by atoms with Crippen LogP contribution in [0.5, 0.6) is 0 Å². The molecule has 0 aliphatic carbocycles. The molecule has 0 saturated heterocycles. The zero-order valence-corrected chi connectivity index (χ0v) is 15.9. The lowest BCUT2D eigenvalue weighted by molar-refractivity contribution is 0.0505. The Morgan fingerprint density at radius 2 is 1.25 bits per heavy atom. The minimum atomic E-state index is -1.33. The number of benzene rings is 2. The largest absolute Gasteiger partial charge is 0.476 e. The van der Waals surface area contributed by atoms with Crippen molar-refractivity contribution in [1.82, 2.24) is 9.97 Å². The van der Waals surface area contributed by atoms with E-state index < -0.39 is 17.6 Å². The number of carbonyl (C=O) groups is 2. The van der Waals surface area contributed by atoms with Crippen LogP contribution in [0, 0.1) is 13.8 Å².